The highest BCUT2D eigenvalue weighted by atomic mass is 15.4. The van der Waals surface area contributed by atoms with Crippen molar-refractivity contribution in [3.63, 3.8) is 0 Å². The maximum absolute atomic E-state index is 4.11. The highest BCUT2D eigenvalue weighted by Gasteiger charge is 2.05. The van der Waals surface area contributed by atoms with Crippen LogP contribution in [0.15, 0.2) is 18.3 Å². The zero-order valence-corrected chi connectivity index (χ0v) is 6.97. The van der Waals surface area contributed by atoms with E-state index in [9.17, 15) is 0 Å². The second-order valence-electron chi connectivity index (χ2n) is 2.69. The molecule has 2 rings (SSSR count). The molecule has 0 aliphatic rings. The number of aromatic nitrogens is 4. The van der Waals surface area contributed by atoms with Crippen LogP contribution in [0.25, 0.3) is 5.65 Å². The van der Waals surface area contributed by atoms with Crippen molar-refractivity contribution in [2.75, 3.05) is 19.0 Å². The van der Waals surface area contributed by atoms with Gasteiger partial charge in [0.15, 0.2) is 5.65 Å². The summed E-state index contributed by atoms with van der Waals surface area (Å²) in [6, 6.07) is 3.70. The minimum Gasteiger partial charge on any atom is -0.346 e. The molecule has 2 aromatic rings. The molecule has 0 spiro atoms. The second kappa shape index (κ2) is 2.44. The van der Waals surface area contributed by atoms with Crippen molar-refractivity contribution >= 4 is 11.6 Å². The summed E-state index contributed by atoms with van der Waals surface area (Å²) in [5.41, 5.74) is 0.765. The quantitative estimate of drug-likeness (QED) is 0.602. The topological polar surface area (TPSA) is 46.3 Å². The molecular formula is C7H9N5. The van der Waals surface area contributed by atoms with Crippen LogP contribution in [0.2, 0.25) is 0 Å². The van der Waals surface area contributed by atoms with Gasteiger partial charge in [-0.2, -0.15) is 9.61 Å². The van der Waals surface area contributed by atoms with Crippen molar-refractivity contribution in [2.24, 2.45) is 0 Å². The molecule has 0 fully saturated rings. The zero-order chi connectivity index (χ0) is 8.55. The average molecular weight is 163 g/mol. The lowest BCUT2D eigenvalue weighted by atomic mass is 10.6. The minimum absolute atomic E-state index is 0.741. The molecule has 0 aliphatic heterocycles. The van der Waals surface area contributed by atoms with Gasteiger partial charge in [0, 0.05) is 20.3 Å². The molecule has 0 atom stereocenters. The van der Waals surface area contributed by atoms with Gasteiger partial charge in [-0.05, 0) is 12.1 Å². The van der Waals surface area contributed by atoms with Crippen LogP contribution in [-0.4, -0.2) is 33.9 Å². The Morgan fingerprint density at radius 1 is 1.33 bits per heavy atom. The Bertz CT molecular complexity index is 391. The van der Waals surface area contributed by atoms with E-state index in [1.165, 1.54) is 0 Å². The lowest BCUT2D eigenvalue weighted by molar-refractivity contribution is 0.880. The van der Waals surface area contributed by atoms with Gasteiger partial charge in [-0.3, -0.25) is 0 Å². The zero-order valence-electron chi connectivity index (χ0n) is 6.97. The number of fused-ring (bicyclic) bond motifs is 1. The van der Waals surface area contributed by atoms with E-state index in [0.29, 0.717) is 0 Å². The normalized spacial score (nSPS) is 10.5. The lowest BCUT2D eigenvalue weighted by Crippen LogP contribution is -2.13. The Balaban J connectivity index is 2.70. The molecule has 0 aliphatic carbocycles. The van der Waals surface area contributed by atoms with E-state index in [-0.39, 0.29) is 0 Å². The monoisotopic (exact) mass is 163 g/mol. The highest BCUT2D eigenvalue weighted by Crippen LogP contribution is 2.06. The van der Waals surface area contributed by atoms with Crippen molar-refractivity contribution in [1.29, 1.82) is 0 Å². The predicted octanol–water partition coefficient (Wildman–Crippen LogP) is 0.190. The molecule has 12 heavy (non-hydrogen) atoms. The summed E-state index contributed by atoms with van der Waals surface area (Å²) in [6.07, 6.45) is 1.71. The van der Waals surface area contributed by atoms with Crippen molar-refractivity contribution in [3.05, 3.63) is 18.3 Å². The highest BCUT2D eigenvalue weighted by molar-refractivity contribution is 5.43. The Hall–Kier alpha value is -1.65. The van der Waals surface area contributed by atoms with E-state index < -0.39 is 0 Å². The van der Waals surface area contributed by atoms with Gasteiger partial charge in [0.2, 0.25) is 5.95 Å². The van der Waals surface area contributed by atoms with Crippen LogP contribution in [0.3, 0.4) is 0 Å². The molecule has 2 heterocycles. The summed E-state index contributed by atoms with van der Waals surface area (Å²) in [5, 5.41) is 12.0. The fourth-order valence-electron chi connectivity index (χ4n) is 1.01. The maximum Gasteiger partial charge on any atom is 0.248 e. The van der Waals surface area contributed by atoms with Crippen LogP contribution in [0.5, 0.6) is 0 Å². The van der Waals surface area contributed by atoms with Gasteiger partial charge in [0.25, 0.3) is 0 Å². The van der Waals surface area contributed by atoms with E-state index in [4.69, 9.17) is 0 Å². The van der Waals surface area contributed by atoms with E-state index in [0.717, 1.165) is 11.6 Å². The molecule has 0 bridgehead atoms. The standard InChI is InChI=1S/C7H9N5/c1-11(2)7-10-9-6-4-3-5-8-12(6)7/h3-5H,1-2H3. The van der Waals surface area contributed by atoms with Gasteiger partial charge in [-0.25, -0.2) is 0 Å². The molecule has 0 saturated heterocycles. The van der Waals surface area contributed by atoms with Gasteiger partial charge in [0.1, 0.15) is 0 Å². The first kappa shape index (κ1) is 7.02. The number of nitrogens with zero attached hydrogens (tertiary/aromatic N) is 5. The predicted molar refractivity (Wildman–Crippen MR) is 45.1 cm³/mol. The molecule has 0 amide bonds. The van der Waals surface area contributed by atoms with Crippen LogP contribution in [0.4, 0.5) is 5.95 Å². The van der Waals surface area contributed by atoms with Gasteiger partial charge < -0.3 is 4.90 Å². The summed E-state index contributed by atoms with van der Waals surface area (Å²) < 4.78 is 1.69. The maximum atomic E-state index is 4.11. The summed E-state index contributed by atoms with van der Waals surface area (Å²) >= 11 is 0. The third kappa shape index (κ3) is 0.903. The van der Waals surface area contributed by atoms with Crippen LogP contribution in [0, 0.1) is 0 Å². The van der Waals surface area contributed by atoms with Crippen LogP contribution < -0.4 is 4.90 Å². The van der Waals surface area contributed by atoms with Gasteiger partial charge in [-0.15, -0.1) is 10.2 Å². The van der Waals surface area contributed by atoms with E-state index in [2.05, 4.69) is 15.3 Å². The Morgan fingerprint density at radius 3 is 2.92 bits per heavy atom. The third-order valence-corrected chi connectivity index (χ3v) is 1.56. The summed E-state index contributed by atoms with van der Waals surface area (Å²) in [7, 11) is 3.82. The SMILES string of the molecule is CN(C)c1nnc2cccnn12. The molecule has 0 N–H and O–H groups in total. The van der Waals surface area contributed by atoms with E-state index in [1.807, 2.05) is 31.1 Å². The first-order valence-electron chi connectivity index (χ1n) is 3.63. The van der Waals surface area contributed by atoms with Gasteiger partial charge in [-0.1, -0.05) is 0 Å². The molecule has 5 nitrogen and oxygen atoms in total. The first-order chi connectivity index (χ1) is 5.79. The number of hydrogen-bond donors (Lipinski definition) is 0. The van der Waals surface area contributed by atoms with Crippen LogP contribution in [-0.2, 0) is 0 Å². The van der Waals surface area contributed by atoms with Crippen molar-refractivity contribution < 1.29 is 0 Å². The van der Waals surface area contributed by atoms with Crippen molar-refractivity contribution in [1.82, 2.24) is 19.8 Å². The molecular weight excluding hydrogens is 154 g/mol. The van der Waals surface area contributed by atoms with E-state index in [1.54, 1.807) is 10.7 Å². The first-order valence-corrected chi connectivity index (χ1v) is 3.63. The Kier molecular flexibility index (Phi) is 1.43. The smallest absolute Gasteiger partial charge is 0.248 e. The molecule has 62 valence electrons. The second-order valence-corrected chi connectivity index (χ2v) is 2.69. The van der Waals surface area contributed by atoms with Crippen molar-refractivity contribution in [2.45, 2.75) is 0 Å². The number of rotatable bonds is 1. The van der Waals surface area contributed by atoms with Crippen LogP contribution in [0.1, 0.15) is 0 Å². The van der Waals surface area contributed by atoms with E-state index >= 15 is 0 Å². The molecule has 5 heteroatoms. The molecule has 0 aromatic carbocycles. The summed E-state index contributed by atoms with van der Waals surface area (Å²) in [6.45, 7) is 0. The Morgan fingerprint density at radius 2 is 2.17 bits per heavy atom. The van der Waals surface area contributed by atoms with Gasteiger partial charge >= 0.3 is 0 Å². The summed E-state index contributed by atoms with van der Waals surface area (Å²) in [4.78, 5) is 1.87. The van der Waals surface area contributed by atoms with Gasteiger partial charge in [0.05, 0.1) is 0 Å². The van der Waals surface area contributed by atoms with Crippen molar-refractivity contribution in [3.8, 4) is 0 Å². The number of anilines is 1. The fourth-order valence-corrected chi connectivity index (χ4v) is 1.01. The third-order valence-electron chi connectivity index (χ3n) is 1.56. The lowest BCUT2D eigenvalue weighted by Gasteiger charge is -2.06. The molecule has 0 radical (unpaired) electrons. The summed E-state index contributed by atoms with van der Waals surface area (Å²) in [5.74, 6) is 0.741. The largest absolute Gasteiger partial charge is 0.346 e. The van der Waals surface area contributed by atoms with Crippen LogP contribution >= 0.6 is 0 Å². The molecule has 2 aromatic heterocycles. The molecule has 0 unspecified atom stereocenters. The fraction of sp³-hybridized carbons (Fsp3) is 0.286. The molecule has 0 saturated carbocycles. The Labute approximate surface area is 69.6 Å². The minimum atomic E-state index is 0.741. The average Bonchev–Trinajstić information content (AvgIpc) is 2.47. The number of hydrogen-bond acceptors (Lipinski definition) is 4.